The number of nitrogens with zero attached hydrogens (tertiary/aromatic N) is 2. The molecule has 5 nitrogen and oxygen atoms in total. The Morgan fingerprint density at radius 2 is 1.78 bits per heavy atom. The van der Waals surface area contributed by atoms with Crippen LogP contribution < -0.4 is 5.32 Å². The van der Waals surface area contributed by atoms with Crippen molar-refractivity contribution in [2.45, 2.75) is 33.0 Å². The molecule has 2 rings (SSSR count). The molecular weight excluding hydrogens is 290 g/mol. The van der Waals surface area contributed by atoms with Crippen molar-refractivity contribution in [2.75, 3.05) is 0 Å². The minimum Gasteiger partial charge on any atom is -0.342 e. The van der Waals surface area contributed by atoms with Crippen molar-refractivity contribution >= 4 is 11.8 Å². The molecule has 5 heteroatoms. The van der Waals surface area contributed by atoms with Crippen LogP contribution >= 0.6 is 0 Å². The Morgan fingerprint density at radius 1 is 1.09 bits per heavy atom. The molecule has 0 aliphatic heterocycles. The molecule has 23 heavy (non-hydrogen) atoms. The second-order valence-electron chi connectivity index (χ2n) is 5.52. The van der Waals surface area contributed by atoms with Crippen molar-refractivity contribution in [3.05, 3.63) is 66.0 Å². The van der Waals surface area contributed by atoms with Crippen molar-refractivity contribution in [2.24, 2.45) is 0 Å². The lowest BCUT2D eigenvalue weighted by Gasteiger charge is -2.26. The van der Waals surface area contributed by atoms with E-state index in [4.69, 9.17) is 0 Å². The Balaban J connectivity index is 1.98. The van der Waals surface area contributed by atoms with E-state index < -0.39 is 11.8 Å². The summed E-state index contributed by atoms with van der Waals surface area (Å²) in [6.07, 6.45) is 1.65. The van der Waals surface area contributed by atoms with Crippen molar-refractivity contribution < 1.29 is 9.59 Å². The van der Waals surface area contributed by atoms with Crippen molar-refractivity contribution in [1.82, 2.24) is 15.2 Å². The van der Waals surface area contributed by atoms with Gasteiger partial charge in [0, 0.05) is 18.8 Å². The molecule has 1 aromatic carbocycles. The molecule has 0 unspecified atom stereocenters. The number of aromatic nitrogens is 1. The van der Waals surface area contributed by atoms with Crippen LogP contribution in [-0.2, 0) is 22.7 Å². The summed E-state index contributed by atoms with van der Waals surface area (Å²) in [5, 5.41) is 2.63. The number of nitrogens with one attached hydrogen (secondary N) is 1. The van der Waals surface area contributed by atoms with Crippen LogP contribution in [0.2, 0.25) is 0 Å². The highest BCUT2D eigenvalue weighted by Gasteiger charge is 2.24. The Labute approximate surface area is 136 Å². The fraction of sp³-hybridized carbons (Fsp3) is 0.278. The van der Waals surface area contributed by atoms with E-state index in [-0.39, 0.29) is 12.6 Å². The molecule has 1 N–H and O–H groups in total. The summed E-state index contributed by atoms with van der Waals surface area (Å²) in [5.41, 5.74) is 1.71. The predicted octanol–water partition coefficient (Wildman–Crippen LogP) is 2.13. The first-order chi connectivity index (χ1) is 11.1. The molecule has 1 heterocycles. The van der Waals surface area contributed by atoms with Gasteiger partial charge in [0.25, 0.3) is 0 Å². The lowest BCUT2D eigenvalue weighted by Crippen LogP contribution is -2.45. The van der Waals surface area contributed by atoms with E-state index in [1.807, 2.05) is 50.2 Å². The van der Waals surface area contributed by atoms with Crippen LogP contribution in [0.1, 0.15) is 25.1 Å². The summed E-state index contributed by atoms with van der Waals surface area (Å²) >= 11 is 0. The average molecular weight is 311 g/mol. The van der Waals surface area contributed by atoms with Crippen LogP contribution in [0.15, 0.2) is 54.7 Å². The standard InChI is InChI=1S/C18H21N3O2/c1-14(2)21(13-15-8-4-3-5-9-15)18(23)17(22)20-12-16-10-6-7-11-19-16/h3-11,14H,12-13H2,1-2H3,(H,20,22). The Hall–Kier alpha value is -2.69. The molecule has 2 amide bonds. The molecule has 0 bridgehead atoms. The number of carbonyl (C=O) groups excluding carboxylic acids is 2. The monoisotopic (exact) mass is 311 g/mol. The summed E-state index contributed by atoms with van der Waals surface area (Å²) < 4.78 is 0. The summed E-state index contributed by atoms with van der Waals surface area (Å²) in [6, 6.07) is 15.0. The maximum Gasteiger partial charge on any atom is 0.312 e. The molecular formula is C18H21N3O2. The van der Waals surface area contributed by atoms with Crippen LogP contribution in [0.4, 0.5) is 0 Å². The molecule has 0 aliphatic rings. The van der Waals surface area contributed by atoms with Gasteiger partial charge in [-0.15, -0.1) is 0 Å². The lowest BCUT2D eigenvalue weighted by molar-refractivity contribution is -0.147. The Bertz CT molecular complexity index is 642. The van der Waals surface area contributed by atoms with Gasteiger partial charge in [-0.3, -0.25) is 14.6 Å². The second-order valence-corrected chi connectivity index (χ2v) is 5.52. The number of amides is 2. The van der Waals surface area contributed by atoms with Gasteiger partial charge >= 0.3 is 11.8 Å². The molecule has 0 aliphatic carbocycles. The largest absolute Gasteiger partial charge is 0.342 e. The molecule has 1 aromatic heterocycles. The van der Waals surface area contributed by atoms with E-state index in [2.05, 4.69) is 10.3 Å². The Morgan fingerprint density at radius 3 is 2.39 bits per heavy atom. The zero-order valence-corrected chi connectivity index (χ0v) is 13.4. The van der Waals surface area contributed by atoms with Gasteiger partial charge in [0.15, 0.2) is 0 Å². The fourth-order valence-corrected chi connectivity index (χ4v) is 2.15. The van der Waals surface area contributed by atoms with Crippen LogP contribution in [0.3, 0.4) is 0 Å². The Kier molecular flexibility index (Phi) is 5.86. The maximum atomic E-state index is 12.4. The van der Waals surface area contributed by atoms with Crippen molar-refractivity contribution in [1.29, 1.82) is 0 Å². The lowest BCUT2D eigenvalue weighted by atomic mass is 10.2. The number of rotatable bonds is 5. The summed E-state index contributed by atoms with van der Waals surface area (Å²) in [5.74, 6) is -1.14. The smallest absolute Gasteiger partial charge is 0.312 e. The summed E-state index contributed by atoms with van der Waals surface area (Å²) in [4.78, 5) is 30.2. The third-order valence-electron chi connectivity index (χ3n) is 3.43. The topological polar surface area (TPSA) is 62.3 Å². The quantitative estimate of drug-likeness (QED) is 0.861. The first-order valence-electron chi connectivity index (χ1n) is 7.60. The molecule has 2 aromatic rings. The zero-order valence-electron chi connectivity index (χ0n) is 13.4. The average Bonchev–Trinajstić information content (AvgIpc) is 2.58. The van der Waals surface area contributed by atoms with Crippen LogP contribution in [0, 0.1) is 0 Å². The normalized spacial score (nSPS) is 10.4. The molecule has 0 fully saturated rings. The highest BCUT2D eigenvalue weighted by Crippen LogP contribution is 2.08. The first-order valence-corrected chi connectivity index (χ1v) is 7.60. The van der Waals surface area contributed by atoms with Gasteiger partial charge in [0.05, 0.1) is 12.2 Å². The number of benzene rings is 1. The van der Waals surface area contributed by atoms with E-state index in [0.29, 0.717) is 12.2 Å². The highest BCUT2D eigenvalue weighted by atomic mass is 16.2. The first kappa shape index (κ1) is 16.7. The van der Waals surface area contributed by atoms with Crippen molar-refractivity contribution in [3.63, 3.8) is 0 Å². The van der Waals surface area contributed by atoms with E-state index in [9.17, 15) is 9.59 Å². The van der Waals surface area contributed by atoms with Gasteiger partial charge in [-0.25, -0.2) is 0 Å². The molecule has 120 valence electrons. The molecule has 0 saturated heterocycles. The van der Waals surface area contributed by atoms with E-state index in [1.54, 1.807) is 23.2 Å². The summed E-state index contributed by atoms with van der Waals surface area (Å²) in [7, 11) is 0. The van der Waals surface area contributed by atoms with Gasteiger partial charge < -0.3 is 10.2 Å². The van der Waals surface area contributed by atoms with Gasteiger partial charge in [-0.2, -0.15) is 0 Å². The number of hydrogen-bond donors (Lipinski definition) is 1. The molecule has 0 radical (unpaired) electrons. The molecule has 0 saturated carbocycles. The minimum absolute atomic E-state index is 0.0664. The van der Waals surface area contributed by atoms with Gasteiger partial charge in [0.2, 0.25) is 0 Å². The number of hydrogen-bond acceptors (Lipinski definition) is 3. The zero-order chi connectivity index (χ0) is 16.7. The van der Waals surface area contributed by atoms with Gasteiger partial charge in [-0.1, -0.05) is 36.4 Å². The number of pyridine rings is 1. The second kappa shape index (κ2) is 8.08. The number of carbonyl (C=O) groups is 2. The van der Waals surface area contributed by atoms with E-state index >= 15 is 0 Å². The minimum atomic E-state index is -0.611. The molecule has 0 spiro atoms. The van der Waals surface area contributed by atoms with E-state index in [0.717, 1.165) is 5.56 Å². The van der Waals surface area contributed by atoms with Crippen molar-refractivity contribution in [3.8, 4) is 0 Å². The third kappa shape index (κ3) is 4.92. The maximum absolute atomic E-state index is 12.4. The molecule has 0 atom stereocenters. The summed E-state index contributed by atoms with van der Waals surface area (Å²) in [6.45, 7) is 4.44. The van der Waals surface area contributed by atoms with Crippen LogP contribution in [0.25, 0.3) is 0 Å². The van der Waals surface area contributed by atoms with Crippen LogP contribution in [-0.4, -0.2) is 27.7 Å². The SMILES string of the molecule is CC(C)N(Cc1ccccc1)C(=O)C(=O)NCc1ccccn1. The highest BCUT2D eigenvalue weighted by molar-refractivity contribution is 6.35. The van der Waals surface area contributed by atoms with E-state index in [1.165, 1.54) is 0 Å². The predicted molar refractivity (Wildman–Crippen MR) is 88.2 cm³/mol. The van der Waals surface area contributed by atoms with Gasteiger partial charge in [-0.05, 0) is 31.5 Å². The van der Waals surface area contributed by atoms with Crippen LogP contribution in [0.5, 0.6) is 0 Å². The van der Waals surface area contributed by atoms with Gasteiger partial charge in [0.1, 0.15) is 0 Å². The fourth-order valence-electron chi connectivity index (χ4n) is 2.15. The third-order valence-corrected chi connectivity index (χ3v) is 3.43.